The van der Waals surface area contributed by atoms with E-state index in [0.717, 1.165) is 36.6 Å². The van der Waals surface area contributed by atoms with Crippen molar-refractivity contribution < 1.29 is 4.74 Å². The van der Waals surface area contributed by atoms with Gasteiger partial charge in [0.15, 0.2) is 0 Å². The number of fused-ring (bicyclic) bond motifs is 1. The highest BCUT2D eigenvalue weighted by molar-refractivity contribution is 5.77. The van der Waals surface area contributed by atoms with Crippen molar-refractivity contribution in [1.82, 2.24) is 9.97 Å². The molecule has 0 amide bonds. The highest BCUT2D eigenvalue weighted by Crippen LogP contribution is 2.19. The summed E-state index contributed by atoms with van der Waals surface area (Å²) in [6.07, 6.45) is 3.98. The Bertz CT molecular complexity index is 483. The van der Waals surface area contributed by atoms with Crippen molar-refractivity contribution >= 4 is 17.0 Å². The highest BCUT2D eigenvalue weighted by atomic mass is 16.5. The van der Waals surface area contributed by atoms with Gasteiger partial charge >= 0.3 is 0 Å². The maximum absolute atomic E-state index is 5.76. The summed E-state index contributed by atoms with van der Waals surface area (Å²) in [5.74, 6) is 0.922. The van der Waals surface area contributed by atoms with Crippen molar-refractivity contribution in [2.24, 2.45) is 0 Å². The highest BCUT2D eigenvalue weighted by Gasteiger charge is 2.17. The normalized spacial score (nSPS) is 20.2. The van der Waals surface area contributed by atoms with E-state index in [4.69, 9.17) is 4.74 Å². The Labute approximate surface area is 107 Å². The number of imidazole rings is 1. The van der Waals surface area contributed by atoms with Crippen molar-refractivity contribution in [3.8, 4) is 0 Å². The average Bonchev–Trinajstić information content (AvgIpc) is 2.84. The zero-order valence-electron chi connectivity index (χ0n) is 10.7. The number of rotatable bonds is 3. The fraction of sp³-hybridized carbons (Fsp3) is 0.500. The van der Waals surface area contributed by atoms with Gasteiger partial charge in [-0.05, 0) is 31.4 Å². The molecule has 1 atom stereocenters. The third kappa shape index (κ3) is 2.34. The van der Waals surface area contributed by atoms with Crippen LogP contribution in [0.15, 0.2) is 24.3 Å². The van der Waals surface area contributed by atoms with E-state index in [1.807, 2.05) is 18.2 Å². The van der Waals surface area contributed by atoms with E-state index >= 15 is 0 Å². The van der Waals surface area contributed by atoms with Gasteiger partial charge in [0.2, 0.25) is 5.95 Å². The molecule has 1 N–H and O–H groups in total. The number of hydrogen-bond acceptors (Lipinski definition) is 3. The minimum absolute atomic E-state index is 0.344. The van der Waals surface area contributed by atoms with E-state index in [-0.39, 0.29) is 0 Å². The number of anilines is 1. The molecule has 2 aromatic rings. The topological polar surface area (TPSA) is 41.1 Å². The summed E-state index contributed by atoms with van der Waals surface area (Å²) in [4.78, 5) is 10.1. The lowest BCUT2D eigenvalue weighted by Gasteiger charge is -2.27. The molecule has 96 valence electrons. The van der Waals surface area contributed by atoms with Gasteiger partial charge < -0.3 is 14.6 Å². The van der Waals surface area contributed by atoms with E-state index in [9.17, 15) is 0 Å². The van der Waals surface area contributed by atoms with E-state index in [1.54, 1.807) is 0 Å². The number of H-pyrrole nitrogens is 1. The number of hydrogen-bond donors (Lipinski definition) is 1. The number of nitrogens with zero attached hydrogens (tertiary/aromatic N) is 2. The van der Waals surface area contributed by atoms with Gasteiger partial charge in [-0.25, -0.2) is 4.98 Å². The summed E-state index contributed by atoms with van der Waals surface area (Å²) < 4.78 is 5.76. The number of aromatic nitrogens is 2. The van der Waals surface area contributed by atoms with Crippen LogP contribution in [-0.4, -0.2) is 36.3 Å². The number of ether oxygens (including phenoxy) is 1. The molecule has 1 unspecified atom stereocenters. The molecule has 0 spiro atoms. The Kier molecular flexibility index (Phi) is 3.19. The third-order valence-electron chi connectivity index (χ3n) is 3.49. The molecule has 1 aromatic heterocycles. The molecule has 1 aliphatic rings. The second kappa shape index (κ2) is 4.98. The van der Waals surface area contributed by atoms with Gasteiger partial charge in [0.05, 0.1) is 17.1 Å². The summed E-state index contributed by atoms with van der Waals surface area (Å²) in [6.45, 7) is 1.80. The lowest BCUT2D eigenvalue weighted by Crippen LogP contribution is -2.33. The Morgan fingerprint density at radius 1 is 1.39 bits per heavy atom. The molecule has 0 aliphatic carbocycles. The summed E-state index contributed by atoms with van der Waals surface area (Å²) in [5.41, 5.74) is 2.10. The standard InChI is InChI=1S/C14H19N3O/c1-17(10-11-6-4-5-9-18-11)14-15-12-7-2-3-8-13(12)16-14/h2-3,7-8,11H,4-6,9-10H2,1H3,(H,15,16). The van der Waals surface area contributed by atoms with Crippen LogP contribution in [0, 0.1) is 0 Å². The van der Waals surface area contributed by atoms with Crippen LogP contribution < -0.4 is 4.90 Å². The molecule has 0 bridgehead atoms. The summed E-state index contributed by atoms with van der Waals surface area (Å²) >= 11 is 0. The van der Waals surface area contributed by atoms with Crippen LogP contribution in [0.4, 0.5) is 5.95 Å². The molecule has 1 aromatic carbocycles. The van der Waals surface area contributed by atoms with E-state index in [0.29, 0.717) is 6.10 Å². The average molecular weight is 245 g/mol. The largest absolute Gasteiger partial charge is 0.376 e. The summed E-state index contributed by atoms with van der Waals surface area (Å²) in [5, 5.41) is 0. The van der Waals surface area contributed by atoms with Crippen LogP contribution in [0.1, 0.15) is 19.3 Å². The molecule has 1 aliphatic heterocycles. The molecule has 1 fully saturated rings. The quantitative estimate of drug-likeness (QED) is 0.903. The van der Waals surface area contributed by atoms with Crippen LogP contribution >= 0.6 is 0 Å². The predicted molar refractivity (Wildman–Crippen MR) is 73.0 cm³/mol. The zero-order valence-corrected chi connectivity index (χ0v) is 10.7. The maximum Gasteiger partial charge on any atom is 0.203 e. The number of aromatic amines is 1. The van der Waals surface area contributed by atoms with Gasteiger partial charge in [-0.3, -0.25) is 0 Å². The van der Waals surface area contributed by atoms with Crippen molar-refractivity contribution in [3.05, 3.63) is 24.3 Å². The lowest BCUT2D eigenvalue weighted by atomic mass is 10.1. The second-order valence-electron chi connectivity index (χ2n) is 4.95. The SMILES string of the molecule is CN(CC1CCCCO1)c1nc2ccccc2[nH]1. The molecule has 4 heteroatoms. The molecule has 0 radical (unpaired) electrons. The molecule has 1 saturated heterocycles. The second-order valence-corrected chi connectivity index (χ2v) is 4.95. The predicted octanol–water partition coefficient (Wildman–Crippen LogP) is 2.57. The van der Waals surface area contributed by atoms with E-state index < -0.39 is 0 Å². The Balaban J connectivity index is 1.72. The monoisotopic (exact) mass is 245 g/mol. The van der Waals surface area contributed by atoms with Crippen LogP contribution in [0.3, 0.4) is 0 Å². The molecule has 3 rings (SSSR count). The van der Waals surface area contributed by atoms with Crippen molar-refractivity contribution in [1.29, 1.82) is 0 Å². The minimum atomic E-state index is 0.344. The zero-order chi connectivity index (χ0) is 12.4. The van der Waals surface area contributed by atoms with Crippen LogP contribution in [0.5, 0.6) is 0 Å². The smallest absolute Gasteiger partial charge is 0.203 e. The van der Waals surface area contributed by atoms with Crippen molar-refractivity contribution in [3.63, 3.8) is 0 Å². The van der Waals surface area contributed by atoms with Gasteiger partial charge in [-0.2, -0.15) is 0 Å². The molecule has 2 heterocycles. The lowest BCUT2D eigenvalue weighted by molar-refractivity contribution is 0.0214. The third-order valence-corrected chi connectivity index (χ3v) is 3.49. The molecule has 18 heavy (non-hydrogen) atoms. The van der Waals surface area contributed by atoms with Gasteiger partial charge in [-0.1, -0.05) is 12.1 Å². The fourth-order valence-corrected chi connectivity index (χ4v) is 2.46. The number of nitrogens with one attached hydrogen (secondary N) is 1. The van der Waals surface area contributed by atoms with Gasteiger partial charge in [0, 0.05) is 20.2 Å². The minimum Gasteiger partial charge on any atom is -0.376 e. The first-order chi connectivity index (χ1) is 8.83. The Morgan fingerprint density at radius 2 is 2.28 bits per heavy atom. The van der Waals surface area contributed by atoms with E-state index in [1.165, 1.54) is 12.8 Å². The number of likely N-dealkylation sites (N-methyl/N-ethyl adjacent to an activating group) is 1. The van der Waals surface area contributed by atoms with Crippen LogP contribution in [-0.2, 0) is 4.74 Å². The van der Waals surface area contributed by atoms with Crippen LogP contribution in [0.2, 0.25) is 0 Å². The molecular weight excluding hydrogens is 226 g/mol. The van der Waals surface area contributed by atoms with Gasteiger partial charge in [0.1, 0.15) is 0 Å². The molecule has 4 nitrogen and oxygen atoms in total. The Morgan fingerprint density at radius 3 is 3.06 bits per heavy atom. The first-order valence-electron chi connectivity index (χ1n) is 6.60. The van der Waals surface area contributed by atoms with Crippen molar-refractivity contribution in [2.75, 3.05) is 25.1 Å². The van der Waals surface area contributed by atoms with E-state index in [2.05, 4.69) is 28.0 Å². The maximum atomic E-state index is 5.76. The molecular formula is C14H19N3O. The first-order valence-corrected chi connectivity index (χ1v) is 6.60. The first kappa shape index (κ1) is 11.5. The van der Waals surface area contributed by atoms with Crippen molar-refractivity contribution in [2.45, 2.75) is 25.4 Å². The Hall–Kier alpha value is -1.55. The summed E-state index contributed by atoms with van der Waals surface area (Å²) in [7, 11) is 2.07. The van der Waals surface area contributed by atoms with Crippen LogP contribution in [0.25, 0.3) is 11.0 Å². The number of para-hydroxylation sites is 2. The summed E-state index contributed by atoms with van der Waals surface area (Å²) in [6, 6.07) is 8.11. The fourth-order valence-electron chi connectivity index (χ4n) is 2.46. The number of benzene rings is 1. The van der Waals surface area contributed by atoms with Gasteiger partial charge in [-0.15, -0.1) is 0 Å². The van der Waals surface area contributed by atoms with Gasteiger partial charge in [0.25, 0.3) is 0 Å². The molecule has 0 saturated carbocycles.